The minimum Gasteiger partial charge on any atom is -0.462 e. The van der Waals surface area contributed by atoms with Crippen LogP contribution < -0.4 is 10.9 Å². The molecule has 2 aromatic carbocycles. The molecule has 0 spiro atoms. The number of aromatic amines is 1. The summed E-state index contributed by atoms with van der Waals surface area (Å²) < 4.78 is 6.51. The van der Waals surface area contributed by atoms with Crippen LogP contribution in [-0.4, -0.2) is 27.9 Å². The topological polar surface area (TPSA) is 92.7 Å². The molecule has 7 nitrogen and oxygen atoms in total. The molecule has 2 N–H and O–H groups in total. The number of aromatic nitrogens is 2. The average molecular weight is 375 g/mol. The number of amides is 1. The van der Waals surface area contributed by atoms with Crippen molar-refractivity contribution in [3.63, 3.8) is 0 Å². The van der Waals surface area contributed by atoms with Crippen molar-refractivity contribution < 1.29 is 14.3 Å². The van der Waals surface area contributed by atoms with E-state index in [1.165, 1.54) is 10.5 Å². The number of benzene rings is 2. The van der Waals surface area contributed by atoms with E-state index in [4.69, 9.17) is 4.74 Å². The summed E-state index contributed by atoms with van der Waals surface area (Å²) in [6, 6.07) is 17.1. The first-order valence-corrected chi connectivity index (χ1v) is 8.80. The molecule has 0 aliphatic heterocycles. The highest BCUT2D eigenvalue weighted by Gasteiger charge is 2.20. The van der Waals surface area contributed by atoms with Crippen LogP contribution in [0.2, 0.25) is 0 Å². The Hall–Kier alpha value is -3.87. The molecule has 28 heavy (non-hydrogen) atoms. The fourth-order valence-corrected chi connectivity index (χ4v) is 3.11. The third-order valence-electron chi connectivity index (χ3n) is 4.38. The maximum Gasteiger partial charge on any atom is 0.341 e. The number of anilines is 1. The highest BCUT2D eigenvalue weighted by Crippen LogP contribution is 2.21. The smallest absolute Gasteiger partial charge is 0.341 e. The molecule has 7 heteroatoms. The van der Waals surface area contributed by atoms with E-state index in [0.29, 0.717) is 22.2 Å². The number of esters is 1. The first-order chi connectivity index (χ1) is 13.6. The summed E-state index contributed by atoms with van der Waals surface area (Å²) in [7, 11) is 0. The highest BCUT2D eigenvalue weighted by atomic mass is 16.5. The molecule has 0 aliphatic carbocycles. The molecule has 2 aromatic heterocycles. The quantitative estimate of drug-likeness (QED) is 0.536. The molecule has 0 saturated heterocycles. The zero-order valence-corrected chi connectivity index (χ0v) is 15.1. The van der Waals surface area contributed by atoms with E-state index in [1.807, 2.05) is 6.07 Å². The van der Waals surface area contributed by atoms with Crippen LogP contribution >= 0.6 is 0 Å². The van der Waals surface area contributed by atoms with E-state index >= 15 is 0 Å². The van der Waals surface area contributed by atoms with Crippen LogP contribution in [0.3, 0.4) is 0 Å². The second kappa shape index (κ2) is 7.03. The summed E-state index contributed by atoms with van der Waals surface area (Å²) in [6.07, 6.45) is 0. The SMILES string of the molecule is CCOC(=O)c1cc(NC(=O)c2ccccc2)c(=O)n2c1[nH]c1ccccc12. The minimum absolute atomic E-state index is 0.000779. The second-order valence-electron chi connectivity index (χ2n) is 6.14. The van der Waals surface area contributed by atoms with Crippen molar-refractivity contribution in [2.75, 3.05) is 11.9 Å². The maximum atomic E-state index is 13.1. The molecule has 0 atom stereocenters. The van der Waals surface area contributed by atoms with Gasteiger partial charge in [-0.05, 0) is 37.3 Å². The number of nitrogens with zero attached hydrogens (tertiary/aromatic N) is 1. The van der Waals surface area contributed by atoms with Gasteiger partial charge in [0.1, 0.15) is 16.9 Å². The lowest BCUT2D eigenvalue weighted by atomic mass is 10.2. The van der Waals surface area contributed by atoms with Gasteiger partial charge in [0.25, 0.3) is 11.5 Å². The second-order valence-corrected chi connectivity index (χ2v) is 6.14. The molecular weight excluding hydrogens is 358 g/mol. The summed E-state index contributed by atoms with van der Waals surface area (Å²) >= 11 is 0. The predicted octanol–water partition coefficient (Wildman–Crippen LogP) is 3.21. The molecule has 0 saturated carbocycles. The minimum atomic E-state index is -0.582. The van der Waals surface area contributed by atoms with Crippen LogP contribution in [0, 0.1) is 0 Å². The van der Waals surface area contributed by atoms with E-state index in [2.05, 4.69) is 10.3 Å². The molecular formula is C21H17N3O4. The van der Waals surface area contributed by atoms with E-state index in [1.54, 1.807) is 55.5 Å². The lowest BCUT2D eigenvalue weighted by molar-refractivity contribution is 0.0528. The van der Waals surface area contributed by atoms with Gasteiger partial charge in [0.2, 0.25) is 0 Å². The Balaban J connectivity index is 1.92. The number of carbonyl (C=O) groups is 2. The molecule has 1 amide bonds. The number of nitrogens with one attached hydrogen (secondary N) is 2. The Labute approximate surface area is 159 Å². The van der Waals surface area contributed by atoms with Crippen LogP contribution in [0.25, 0.3) is 16.7 Å². The van der Waals surface area contributed by atoms with Gasteiger partial charge in [-0.1, -0.05) is 30.3 Å². The molecule has 0 radical (unpaired) electrons. The van der Waals surface area contributed by atoms with Gasteiger partial charge in [0.15, 0.2) is 0 Å². The molecule has 0 aliphatic rings. The van der Waals surface area contributed by atoms with Crippen LogP contribution in [-0.2, 0) is 4.74 Å². The number of rotatable bonds is 4. The van der Waals surface area contributed by atoms with Crippen molar-refractivity contribution >= 4 is 34.2 Å². The number of hydrogen-bond donors (Lipinski definition) is 2. The van der Waals surface area contributed by atoms with Gasteiger partial charge in [-0.25, -0.2) is 4.79 Å². The monoisotopic (exact) mass is 375 g/mol. The van der Waals surface area contributed by atoms with Crippen LogP contribution in [0.5, 0.6) is 0 Å². The predicted molar refractivity (Wildman–Crippen MR) is 106 cm³/mol. The Kier molecular flexibility index (Phi) is 4.41. The van der Waals surface area contributed by atoms with Crippen molar-refractivity contribution in [3.8, 4) is 0 Å². The van der Waals surface area contributed by atoms with Crippen molar-refractivity contribution in [2.24, 2.45) is 0 Å². The van der Waals surface area contributed by atoms with Crippen molar-refractivity contribution in [1.29, 1.82) is 0 Å². The largest absolute Gasteiger partial charge is 0.462 e. The number of H-pyrrole nitrogens is 1. The standard InChI is InChI=1S/C21H17N3O4/c1-2-28-21(27)14-12-16(23-19(25)13-8-4-3-5-9-13)20(26)24-17-11-7-6-10-15(17)22-18(14)24/h3-12,22H,2H2,1H3,(H,23,25). The molecule has 0 fully saturated rings. The first-order valence-electron chi connectivity index (χ1n) is 8.80. The molecule has 2 heterocycles. The number of fused-ring (bicyclic) bond motifs is 3. The lowest BCUT2D eigenvalue weighted by Crippen LogP contribution is -2.24. The van der Waals surface area contributed by atoms with E-state index in [9.17, 15) is 14.4 Å². The van der Waals surface area contributed by atoms with E-state index in [-0.39, 0.29) is 17.9 Å². The van der Waals surface area contributed by atoms with Gasteiger partial charge in [0.05, 0.1) is 17.6 Å². The van der Waals surface area contributed by atoms with Crippen molar-refractivity contribution in [2.45, 2.75) is 6.92 Å². The third kappa shape index (κ3) is 2.92. The molecule has 0 bridgehead atoms. The Morgan fingerprint density at radius 3 is 2.54 bits per heavy atom. The maximum absolute atomic E-state index is 13.1. The van der Waals surface area contributed by atoms with Gasteiger partial charge < -0.3 is 15.0 Å². The van der Waals surface area contributed by atoms with E-state index < -0.39 is 17.4 Å². The Morgan fingerprint density at radius 1 is 1.07 bits per heavy atom. The molecule has 0 unspecified atom stereocenters. The zero-order valence-electron chi connectivity index (χ0n) is 15.1. The summed E-state index contributed by atoms with van der Waals surface area (Å²) in [4.78, 5) is 41.2. The van der Waals surface area contributed by atoms with Gasteiger partial charge in [-0.15, -0.1) is 0 Å². The third-order valence-corrected chi connectivity index (χ3v) is 4.38. The highest BCUT2D eigenvalue weighted by molar-refractivity contribution is 6.06. The molecule has 4 rings (SSSR count). The van der Waals surface area contributed by atoms with Crippen LogP contribution in [0.4, 0.5) is 5.69 Å². The summed E-state index contributed by atoms with van der Waals surface area (Å²) in [5, 5.41) is 2.62. The number of para-hydroxylation sites is 2. The number of ether oxygens (including phenoxy) is 1. The zero-order chi connectivity index (χ0) is 19.7. The summed E-state index contributed by atoms with van der Waals surface area (Å²) in [5.74, 6) is -1.02. The Morgan fingerprint density at radius 2 is 1.79 bits per heavy atom. The number of pyridine rings is 1. The molecule has 4 aromatic rings. The lowest BCUT2D eigenvalue weighted by Gasteiger charge is -2.09. The number of carbonyl (C=O) groups excluding carboxylic acids is 2. The van der Waals surface area contributed by atoms with Crippen LogP contribution in [0.1, 0.15) is 27.6 Å². The van der Waals surface area contributed by atoms with Gasteiger partial charge in [-0.3, -0.25) is 14.0 Å². The summed E-state index contributed by atoms with van der Waals surface area (Å²) in [5.41, 5.74) is 1.75. The van der Waals surface area contributed by atoms with Crippen molar-refractivity contribution in [3.05, 3.63) is 82.1 Å². The number of hydrogen-bond acceptors (Lipinski definition) is 4. The van der Waals surface area contributed by atoms with Gasteiger partial charge in [0, 0.05) is 5.56 Å². The van der Waals surface area contributed by atoms with Gasteiger partial charge >= 0.3 is 5.97 Å². The molecule has 140 valence electrons. The summed E-state index contributed by atoms with van der Waals surface area (Å²) in [6.45, 7) is 1.89. The normalized spacial score (nSPS) is 10.9. The first kappa shape index (κ1) is 17.5. The van der Waals surface area contributed by atoms with E-state index in [0.717, 1.165) is 0 Å². The van der Waals surface area contributed by atoms with Crippen LogP contribution in [0.15, 0.2) is 65.5 Å². The Bertz CT molecular complexity index is 1260. The van der Waals surface area contributed by atoms with Crippen molar-refractivity contribution in [1.82, 2.24) is 9.38 Å². The fraction of sp³-hybridized carbons (Fsp3) is 0.0952. The number of imidazole rings is 1. The average Bonchev–Trinajstić information content (AvgIpc) is 3.10. The fourth-order valence-electron chi connectivity index (χ4n) is 3.11. The van der Waals surface area contributed by atoms with Gasteiger partial charge in [-0.2, -0.15) is 0 Å².